The fourth-order valence-corrected chi connectivity index (χ4v) is 4.92. The van der Waals surface area contributed by atoms with Crippen LogP contribution in [0.3, 0.4) is 0 Å². The van der Waals surface area contributed by atoms with Crippen molar-refractivity contribution in [1.29, 1.82) is 0 Å². The molecule has 0 unspecified atom stereocenters. The van der Waals surface area contributed by atoms with Crippen LogP contribution in [0.2, 0.25) is 0 Å². The number of carbonyl (C=O) groups excluding carboxylic acids is 1. The van der Waals surface area contributed by atoms with E-state index < -0.39 is 0 Å². The van der Waals surface area contributed by atoms with Crippen LogP contribution in [0.5, 0.6) is 0 Å². The van der Waals surface area contributed by atoms with E-state index in [0.717, 1.165) is 38.0 Å². The molecule has 0 bridgehead atoms. The average molecular weight is 360 g/mol. The van der Waals surface area contributed by atoms with Crippen molar-refractivity contribution in [2.75, 3.05) is 5.75 Å². The number of hydrogen-bond donors (Lipinski definition) is 0. The van der Waals surface area contributed by atoms with Gasteiger partial charge in [0.25, 0.3) is 0 Å². The van der Waals surface area contributed by atoms with Crippen LogP contribution in [0.4, 0.5) is 0 Å². The van der Waals surface area contributed by atoms with Gasteiger partial charge in [-0.25, -0.2) is 9.97 Å². The first-order chi connectivity index (χ1) is 11.3. The highest BCUT2D eigenvalue weighted by molar-refractivity contribution is 8.00. The molecule has 0 aromatic carbocycles. The second-order valence-corrected chi connectivity index (χ2v) is 8.26. The summed E-state index contributed by atoms with van der Waals surface area (Å²) < 4.78 is 2.05. The third-order valence-electron chi connectivity index (χ3n) is 4.52. The van der Waals surface area contributed by atoms with Crippen LogP contribution in [0.1, 0.15) is 38.0 Å². The Hall–Kier alpha value is -1.66. The van der Waals surface area contributed by atoms with Crippen molar-refractivity contribution in [2.45, 2.75) is 39.6 Å². The van der Waals surface area contributed by atoms with Gasteiger partial charge in [-0.05, 0) is 46.2 Å². The van der Waals surface area contributed by atoms with E-state index in [1.54, 1.807) is 11.3 Å². The molecule has 0 amide bonds. The smallest absolute Gasteiger partial charge is 0.174 e. The lowest BCUT2D eigenvalue weighted by Gasteiger charge is -2.05. The highest BCUT2D eigenvalue weighted by Gasteiger charge is 2.18. The lowest BCUT2D eigenvalue weighted by molar-refractivity contribution is 0.102. The summed E-state index contributed by atoms with van der Waals surface area (Å²) in [4.78, 5) is 24.0. The van der Waals surface area contributed by atoms with Gasteiger partial charge in [0.1, 0.15) is 15.7 Å². The van der Waals surface area contributed by atoms with Crippen LogP contribution in [-0.4, -0.2) is 26.1 Å². The number of aromatic nitrogens is 3. The summed E-state index contributed by atoms with van der Waals surface area (Å²) >= 11 is 3.21. The molecule has 24 heavy (non-hydrogen) atoms. The zero-order valence-electron chi connectivity index (χ0n) is 14.9. The minimum absolute atomic E-state index is 0.148. The first kappa shape index (κ1) is 17.2. The summed E-state index contributed by atoms with van der Waals surface area (Å²) in [6.07, 6.45) is 0. The van der Waals surface area contributed by atoms with Gasteiger partial charge in [0.2, 0.25) is 0 Å². The maximum absolute atomic E-state index is 12.6. The lowest BCUT2D eigenvalue weighted by Crippen LogP contribution is -2.05. The summed E-state index contributed by atoms with van der Waals surface area (Å²) in [6.45, 7) is 10.1. The number of nitrogens with zero attached hydrogens (tertiary/aromatic N) is 3. The van der Waals surface area contributed by atoms with Crippen molar-refractivity contribution in [3.05, 3.63) is 39.3 Å². The van der Waals surface area contributed by atoms with E-state index in [2.05, 4.69) is 28.4 Å². The van der Waals surface area contributed by atoms with E-state index in [4.69, 9.17) is 0 Å². The van der Waals surface area contributed by atoms with E-state index in [1.165, 1.54) is 22.2 Å². The molecule has 0 aliphatic carbocycles. The van der Waals surface area contributed by atoms with Crippen molar-refractivity contribution >= 4 is 39.1 Å². The molecule has 6 heteroatoms. The van der Waals surface area contributed by atoms with Crippen molar-refractivity contribution < 1.29 is 4.79 Å². The number of Topliss-reactive ketones (excluding diaryl/α,β-unsaturated/α-hetero) is 1. The van der Waals surface area contributed by atoms with Crippen LogP contribution in [0.25, 0.3) is 10.2 Å². The Kier molecular flexibility index (Phi) is 4.53. The van der Waals surface area contributed by atoms with Crippen LogP contribution in [0.15, 0.2) is 11.1 Å². The first-order valence-electron chi connectivity index (χ1n) is 7.82. The van der Waals surface area contributed by atoms with Gasteiger partial charge >= 0.3 is 0 Å². The molecule has 3 rings (SSSR count). The van der Waals surface area contributed by atoms with Gasteiger partial charge in [-0.15, -0.1) is 11.3 Å². The Bertz CT molecular complexity index is 953. The molecule has 0 saturated carbocycles. The average Bonchev–Trinajstić information content (AvgIpc) is 2.95. The van der Waals surface area contributed by atoms with E-state index in [-0.39, 0.29) is 5.78 Å². The molecule has 0 aliphatic heterocycles. The molecule has 3 aromatic heterocycles. The number of thiophene rings is 1. The molecular weight excluding hydrogens is 338 g/mol. The van der Waals surface area contributed by atoms with E-state index in [1.807, 2.05) is 33.9 Å². The summed E-state index contributed by atoms with van der Waals surface area (Å²) in [5.74, 6) is 1.30. The standard InChI is InChI=1S/C18H21N3OS2/c1-9-7-14(11(3)21(9)6)15(22)8-23-17-16-10(2)12(4)24-18(16)20-13(5)19-17/h7H,8H2,1-6H3. The number of fused-ring (bicyclic) bond motifs is 1. The zero-order chi connectivity index (χ0) is 17.6. The minimum Gasteiger partial charge on any atom is -0.351 e. The highest BCUT2D eigenvalue weighted by atomic mass is 32.2. The van der Waals surface area contributed by atoms with Gasteiger partial charge in [0.05, 0.1) is 5.75 Å². The summed E-state index contributed by atoms with van der Waals surface area (Å²) in [5.41, 5.74) is 4.15. The second-order valence-electron chi connectivity index (χ2n) is 6.10. The number of rotatable bonds is 4. The lowest BCUT2D eigenvalue weighted by atomic mass is 10.2. The zero-order valence-corrected chi connectivity index (χ0v) is 16.5. The number of hydrogen-bond acceptors (Lipinski definition) is 5. The third kappa shape index (κ3) is 2.89. The molecule has 0 aliphatic rings. The molecule has 0 radical (unpaired) electrons. The van der Waals surface area contributed by atoms with Gasteiger partial charge in [0.15, 0.2) is 5.78 Å². The Morgan fingerprint density at radius 2 is 1.92 bits per heavy atom. The van der Waals surface area contributed by atoms with Crippen molar-refractivity contribution in [3.63, 3.8) is 0 Å². The quantitative estimate of drug-likeness (QED) is 0.390. The predicted octanol–water partition coefficient (Wildman–Crippen LogP) is 4.55. The van der Waals surface area contributed by atoms with Crippen LogP contribution < -0.4 is 0 Å². The normalized spacial score (nSPS) is 11.4. The third-order valence-corrected chi connectivity index (χ3v) is 6.60. The molecule has 0 saturated heterocycles. The van der Waals surface area contributed by atoms with Crippen LogP contribution >= 0.6 is 23.1 Å². The highest BCUT2D eigenvalue weighted by Crippen LogP contribution is 2.35. The van der Waals surface area contributed by atoms with Gasteiger partial charge in [-0.1, -0.05) is 11.8 Å². The van der Waals surface area contributed by atoms with E-state index in [0.29, 0.717) is 5.75 Å². The molecule has 126 valence electrons. The second kappa shape index (κ2) is 6.33. The molecule has 3 heterocycles. The molecule has 0 spiro atoms. The van der Waals surface area contributed by atoms with E-state index >= 15 is 0 Å². The summed E-state index contributed by atoms with van der Waals surface area (Å²) in [7, 11) is 1.99. The van der Waals surface area contributed by atoms with E-state index in [9.17, 15) is 4.79 Å². The Balaban J connectivity index is 1.90. The van der Waals surface area contributed by atoms with Crippen molar-refractivity contribution in [3.8, 4) is 0 Å². The Labute approximate surface area is 150 Å². The van der Waals surface area contributed by atoms with Gasteiger partial charge in [0, 0.05) is 34.3 Å². The topological polar surface area (TPSA) is 47.8 Å². The van der Waals surface area contributed by atoms with Gasteiger partial charge < -0.3 is 4.57 Å². The minimum atomic E-state index is 0.148. The van der Waals surface area contributed by atoms with Crippen LogP contribution in [-0.2, 0) is 7.05 Å². The van der Waals surface area contributed by atoms with Gasteiger partial charge in [-0.3, -0.25) is 4.79 Å². The van der Waals surface area contributed by atoms with Gasteiger partial charge in [-0.2, -0.15) is 0 Å². The maximum Gasteiger partial charge on any atom is 0.174 e. The number of thioether (sulfide) groups is 1. The first-order valence-corrected chi connectivity index (χ1v) is 9.63. The summed E-state index contributed by atoms with van der Waals surface area (Å²) in [6, 6.07) is 1.97. The fourth-order valence-electron chi connectivity index (χ4n) is 2.77. The summed E-state index contributed by atoms with van der Waals surface area (Å²) in [5, 5.41) is 2.01. The van der Waals surface area contributed by atoms with Crippen molar-refractivity contribution in [1.82, 2.24) is 14.5 Å². The van der Waals surface area contributed by atoms with Crippen LogP contribution in [0, 0.1) is 34.6 Å². The largest absolute Gasteiger partial charge is 0.351 e. The predicted molar refractivity (Wildman–Crippen MR) is 102 cm³/mol. The molecular formula is C18H21N3OS2. The molecule has 4 nitrogen and oxygen atoms in total. The monoisotopic (exact) mass is 359 g/mol. The molecule has 3 aromatic rings. The number of aryl methyl sites for hydroxylation is 4. The Morgan fingerprint density at radius 3 is 2.54 bits per heavy atom. The number of carbonyl (C=O) groups is 1. The maximum atomic E-state index is 12.6. The molecule has 0 fully saturated rings. The molecule has 0 N–H and O–H groups in total. The van der Waals surface area contributed by atoms with Crippen molar-refractivity contribution in [2.24, 2.45) is 7.05 Å². The SMILES string of the molecule is Cc1nc(SCC(=O)c2cc(C)n(C)c2C)c2c(C)c(C)sc2n1. The molecule has 0 atom stereocenters. The Morgan fingerprint density at radius 1 is 1.21 bits per heavy atom. The fraction of sp³-hybridized carbons (Fsp3) is 0.389. The number of ketones is 1.